The Labute approximate surface area is 262 Å². The lowest BCUT2D eigenvalue weighted by Crippen LogP contribution is -2.38. The molecule has 2 amide bonds. The smallest absolute Gasteiger partial charge is 0.227 e. The number of nitrogens with zero attached hydrogens (tertiary/aromatic N) is 2. The van der Waals surface area contributed by atoms with Crippen LogP contribution in [0.1, 0.15) is 95.8 Å². The summed E-state index contributed by atoms with van der Waals surface area (Å²) >= 11 is 0. The van der Waals surface area contributed by atoms with Crippen LogP contribution in [0.25, 0.3) is 11.4 Å². The van der Waals surface area contributed by atoms with E-state index in [0.29, 0.717) is 37.9 Å². The van der Waals surface area contributed by atoms with Gasteiger partial charge in [-0.3, -0.25) is 19.4 Å². The van der Waals surface area contributed by atoms with Crippen molar-refractivity contribution in [2.24, 2.45) is 5.92 Å². The first-order chi connectivity index (χ1) is 21.3. The molecule has 0 fully saturated rings. The number of anilines is 1. The third-order valence-corrected chi connectivity index (χ3v) is 8.77. The van der Waals surface area contributed by atoms with Gasteiger partial charge in [0.2, 0.25) is 11.8 Å². The third kappa shape index (κ3) is 8.48. The highest BCUT2D eigenvalue weighted by atomic mass is 16.2. The first-order valence-electron chi connectivity index (χ1n) is 16.4. The van der Waals surface area contributed by atoms with E-state index < -0.39 is 0 Å². The summed E-state index contributed by atoms with van der Waals surface area (Å²) in [7, 11) is 0. The number of Topliss-reactive ketones (excluding diaryl/α,β-unsaturated/α-hetero) is 1. The lowest BCUT2D eigenvalue weighted by Gasteiger charge is -2.31. The van der Waals surface area contributed by atoms with Gasteiger partial charge in [-0.05, 0) is 44.2 Å². The third-order valence-electron chi connectivity index (χ3n) is 8.77. The molecule has 2 atom stereocenters. The topological polar surface area (TPSA) is 106 Å². The molecule has 238 valence electrons. The van der Waals surface area contributed by atoms with Crippen molar-refractivity contribution >= 4 is 34.7 Å². The molecule has 2 aromatic rings. The van der Waals surface area contributed by atoms with E-state index >= 15 is 0 Å². The van der Waals surface area contributed by atoms with Crippen molar-refractivity contribution in [1.82, 2.24) is 26.6 Å². The highest BCUT2D eigenvalue weighted by Crippen LogP contribution is 2.40. The van der Waals surface area contributed by atoms with Gasteiger partial charge in [0.15, 0.2) is 0 Å². The van der Waals surface area contributed by atoms with Crippen LogP contribution in [0.2, 0.25) is 0 Å². The number of unbranched alkanes of at least 4 members (excludes halogenated alkanes) is 2. The van der Waals surface area contributed by atoms with Crippen molar-refractivity contribution in [1.29, 1.82) is 0 Å². The fourth-order valence-electron chi connectivity index (χ4n) is 5.63. The average molecular weight is 603 g/mol. The van der Waals surface area contributed by atoms with Crippen molar-refractivity contribution in [2.45, 2.75) is 91.6 Å². The zero-order chi connectivity index (χ0) is 31.5. The van der Waals surface area contributed by atoms with Crippen molar-refractivity contribution in [3.63, 3.8) is 0 Å². The van der Waals surface area contributed by atoms with Crippen LogP contribution in [-0.2, 0) is 20.9 Å². The van der Waals surface area contributed by atoms with Crippen LogP contribution in [0.3, 0.4) is 0 Å². The first-order valence-corrected chi connectivity index (χ1v) is 16.4. The Morgan fingerprint density at radius 3 is 2.39 bits per heavy atom. The fourth-order valence-corrected chi connectivity index (χ4v) is 5.63. The minimum atomic E-state index is -0.115. The van der Waals surface area contributed by atoms with Gasteiger partial charge in [0.05, 0.1) is 23.6 Å². The summed E-state index contributed by atoms with van der Waals surface area (Å²) in [5, 5.41) is 8.42. The Bertz CT molecular complexity index is 1330. The summed E-state index contributed by atoms with van der Waals surface area (Å²) in [6.45, 7) is 10.7. The second-order valence-corrected chi connectivity index (χ2v) is 12.0. The highest BCUT2D eigenvalue weighted by Gasteiger charge is 2.32. The largest absolute Gasteiger partial charge is 0.355 e. The van der Waals surface area contributed by atoms with Gasteiger partial charge < -0.3 is 21.0 Å². The molecule has 2 aliphatic rings. The molecule has 9 heteroatoms. The number of para-hydroxylation sites is 1. The van der Waals surface area contributed by atoms with E-state index in [9.17, 15) is 14.4 Å². The predicted octanol–water partition coefficient (Wildman–Crippen LogP) is 5.14. The number of carbonyl (C=O) groups is 3. The van der Waals surface area contributed by atoms with Gasteiger partial charge in [-0.1, -0.05) is 69.7 Å². The van der Waals surface area contributed by atoms with E-state index in [1.807, 2.05) is 42.2 Å². The second kappa shape index (κ2) is 16.4. The van der Waals surface area contributed by atoms with Crippen molar-refractivity contribution in [2.75, 3.05) is 24.5 Å². The predicted molar refractivity (Wildman–Crippen MR) is 177 cm³/mol. The van der Waals surface area contributed by atoms with Crippen LogP contribution < -0.4 is 26.5 Å². The van der Waals surface area contributed by atoms with Gasteiger partial charge in [0.1, 0.15) is 5.78 Å². The number of hydrogen-bond donors (Lipinski definition) is 4. The van der Waals surface area contributed by atoms with E-state index in [1.165, 1.54) is 0 Å². The summed E-state index contributed by atoms with van der Waals surface area (Å²) in [4.78, 5) is 40.5. The Balaban J connectivity index is 1.48. The standard InChI is InChI=1S/C35H50N6O3/c1-5-25(3)31(42)18-8-7-13-23-41-35-29-16-11-12-17-30(29)40(24-27-14-9-10-15-28(27)34(35)38-39-41)33(44)20-19-32(43)37-22-21-36-26(4)6-2/h9-12,14-17,25-26,36,38-39H,5-8,13,18-24H2,1-4H3,(H,37,43). The van der Waals surface area contributed by atoms with E-state index in [4.69, 9.17) is 0 Å². The van der Waals surface area contributed by atoms with E-state index in [2.05, 4.69) is 65.6 Å². The Hall–Kier alpha value is -3.69. The summed E-state index contributed by atoms with van der Waals surface area (Å²) in [5.74, 6) is 0.289. The average Bonchev–Trinajstić information content (AvgIpc) is 3.45. The maximum atomic E-state index is 13.8. The minimum absolute atomic E-state index is 0.0828. The fraction of sp³-hybridized carbons (Fsp3) is 0.514. The summed E-state index contributed by atoms with van der Waals surface area (Å²) in [6.07, 6.45) is 5.60. The van der Waals surface area contributed by atoms with Crippen LogP contribution in [0.4, 0.5) is 5.69 Å². The molecule has 0 aromatic heterocycles. The minimum Gasteiger partial charge on any atom is -0.355 e. The molecule has 2 aromatic carbocycles. The van der Waals surface area contributed by atoms with Crippen LogP contribution >= 0.6 is 0 Å². The molecular formula is C35H50N6O3. The normalized spacial score (nSPS) is 15.4. The zero-order valence-corrected chi connectivity index (χ0v) is 26.9. The summed E-state index contributed by atoms with van der Waals surface area (Å²) in [6, 6.07) is 16.6. The molecule has 0 saturated heterocycles. The Kier molecular flexibility index (Phi) is 12.4. The Morgan fingerprint density at radius 1 is 0.864 bits per heavy atom. The van der Waals surface area contributed by atoms with Gasteiger partial charge in [-0.25, -0.2) is 0 Å². The SMILES string of the molecule is CCC(C)NCCNC(=O)CCC(=O)N1Cc2ccccc2C2=C(c3ccccc31)N(CCCCCC(=O)C(C)CC)NN2. The number of benzene rings is 2. The van der Waals surface area contributed by atoms with Gasteiger partial charge in [-0.2, -0.15) is 0 Å². The quantitative estimate of drug-likeness (QED) is 0.197. The molecule has 2 aliphatic heterocycles. The monoisotopic (exact) mass is 602 g/mol. The molecule has 0 saturated carbocycles. The number of amides is 2. The van der Waals surface area contributed by atoms with E-state index in [0.717, 1.165) is 72.4 Å². The maximum absolute atomic E-state index is 13.8. The number of rotatable bonds is 16. The molecular weight excluding hydrogens is 552 g/mol. The van der Waals surface area contributed by atoms with Gasteiger partial charge in [-0.15, -0.1) is 5.53 Å². The highest BCUT2D eigenvalue weighted by molar-refractivity contribution is 6.02. The van der Waals surface area contributed by atoms with Crippen molar-refractivity contribution < 1.29 is 14.4 Å². The maximum Gasteiger partial charge on any atom is 0.227 e. The number of hydrogen-bond acceptors (Lipinski definition) is 7. The molecule has 2 heterocycles. The molecule has 2 unspecified atom stereocenters. The van der Waals surface area contributed by atoms with E-state index in [-0.39, 0.29) is 30.6 Å². The number of nitrogens with one attached hydrogen (secondary N) is 4. The van der Waals surface area contributed by atoms with Gasteiger partial charge in [0.25, 0.3) is 0 Å². The molecule has 0 bridgehead atoms. The molecule has 4 N–H and O–H groups in total. The van der Waals surface area contributed by atoms with Crippen LogP contribution in [0, 0.1) is 5.92 Å². The van der Waals surface area contributed by atoms with Gasteiger partial charge >= 0.3 is 0 Å². The molecule has 4 rings (SSSR count). The van der Waals surface area contributed by atoms with Crippen LogP contribution in [-0.4, -0.2) is 48.3 Å². The zero-order valence-electron chi connectivity index (χ0n) is 26.9. The van der Waals surface area contributed by atoms with Crippen LogP contribution in [0.15, 0.2) is 48.5 Å². The molecule has 44 heavy (non-hydrogen) atoms. The lowest BCUT2D eigenvalue weighted by molar-refractivity contribution is -0.125. The number of fused-ring (bicyclic) bond motifs is 4. The molecule has 0 spiro atoms. The lowest BCUT2D eigenvalue weighted by atomic mass is 9.95. The summed E-state index contributed by atoms with van der Waals surface area (Å²) < 4.78 is 0. The number of ketones is 1. The van der Waals surface area contributed by atoms with E-state index in [1.54, 1.807) is 0 Å². The van der Waals surface area contributed by atoms with Crippen molar-refractivity contribution in [3.8, 4) is 0 Å². The second-order valence-electron chi connectivity index (χ2n) is 12.0. The van der Waals surface area contributed by atoms with Crippen molar-refractivity contribution in [3.05, 3.63) is 65.2 Å². The van der Waals surface area contributed by atoms with Gasteiger partial charge in [0, 0.05) is 62.0 Å². The number of carbonyl (C=O) groups excluding carboxylic acids is 3. The van der Waals surface area contributed by atoms with Crippen LogP contribution in [0.5, 0.6) is 0 Å². The molecule has 0 aliphatic carbocycles. The summed E-state index contributed by atoms with van der Waals surface area (Å²) in [5.41, 5.74) is 12.6. The first kappa shape index (κ1) is 33.2. The molecule has 9 nitrogen and oxygen atoms in total. The molecule has 0 radical (unpaired) electrons. The number of hydrazine groups is 2. The Morgan fingerprint density at radius 2 is 1.61 bits per heavy atom.